The zero-order valence-electron chi connectivity index (χ0n) is 17.6. The lowest BCUT2D eigenvalue weighted by Crippen LogP contribution is -2.13. The van der Waals surface area contributed by atoms with E-state index in [1.54, 1.807) is 0 Å². The molecule has 146 valence electrons. The summed E-state index contributed by atoms with van der Waals surface area (Å²) in [5, 5.41) is 0. The number of hydrogen-bond acceptors (Lipinski definition) is 2. The van der Waals surface area contributed by atoms with Crippen molar-refractivity contribution in [3.63, 3.8) is 0 Å². The molecule has 0 bridgehead atoms. The summed E-state index contributed by atoms with van der Waals surface area (Å²) in [6.07, 6.45) is 2.95. The molecule has 2 N–H and O–H groups in total. The van der Waals surface area contributed by atoms with Gasteiger partial charge in [0.2, 0.25) is 0 Å². The number of aryl methyl sites for hydroxylation is 3. The van der Waals surface area contributed by atoms with Crippen LogP contribution in [0.1, 0.15) is 47.5 Å². The van der Waals surface area contributed by atoms with Crippen molar-refractivity contribution in [1.82, 2.24) is 4.98 Å². The Morgan fingerprint density at radius 3 is 2.14 bits per heavy atom. The molecule has 2 nitrogen and oxygen atoms in total. The summed E-state index contributed by atoms with van der Waals surface area (Å²) in [5.41, 5.74) is 16.3. The first-order chi connectivity index (χ1) is 13.5. The predicted octanol–water partition coefficient (Wildman–Crippen LogP) is 5.81. The van der Waals surface area contributed by atoms with Gasteiger partial charge in [-0.1, -0.05) is 74.0 Å². The minimum atomic E-state index is 0.525. The van der Waals surface area contributed by atoms with Gasteiger partial charge < -0.3 is 5.73 Å². The summed E-state index contributed by atoms with van der Waals surface area (Å²) >= 11 is 0. The fourth-order valence-corrected chi connectivity index (χ4v) is 3.91. The molecule has 28 heavy (non-hydrogen) atoms. The second-order valence-electron chi connectivity index (χ2n) is 8.13. The summed E-state index contributed by atoms with van der Waals surface area (Å²) < 4.78 is 0. The van der Waals surface area contributed by atoms with Gasteiger partial charge >= 0.3 is 0 Å². The molecule has 0 amide bonds. The van der Waals surface area contributed by atoms with Gasteiger partial charge in [-0.3, -0.25) is 4.98 Å². The van der Waals surface area contributed by atoms with Crippen molar-refractivity contribution in [3.05, 3.63) is 88.2 Å². The fraction of sp³-hybridized carbons (Fsp3) is 0.346. The van der Waals surface area contributed by atoms with Crippen molar-refractivity contribution >= 4 is 0 Å². The average Bonchev–Trinajstić information content (AvgIpc) is 2.68. The molecular formula is C26H32N2. The highest BCUT2D eigenvalue weighted by Gasteiger charge is 2.19. The number of rotatable bonds is 7. The maximum Gasteiger partial charge on any atom is 0.0460 e. The lowest BCUT2D eigenvalue weighted by Gasteiger charge is -2.21. The van der Waals surface area contributed by atoms with Gasteiger partial charge in [-0.15, -0.1) is 0 Å². The van der Waals surface area contributed by atoms with Crippen LogP contribution < -0.4 is 5.73 Å². The van der Waals surface area contributed by atoms with E-state index in [0.29, 0.717) is 12.5 Å². The highest BCUT2D eigenvalue weighted by molar-refractivity contribution is 5.73. The first-order valence-corrected chi connectivity index (χ1v) is 10.3. The maximum atomic E-state index is 6.28. The standard InChI is InChI=1S/C26H32N2/c1-18(2)16-25-24(17-27)26(22-13-10-19(3)11-14-22)23(20(4)28-25)15-12-21-8-6-5-7-9-21/h5-11,13-14,18H,12,15-17,27H2,1-4H3. The third-order valence-electron chi connectivity index (χ3n) is 5.34. The van der Waals surface area contributed by atoms with E-state index in [2.05, 4.69) is 82.3 Å². The van der Waals surface area contributed by atoms with Crippen molar-refractivity contribution < 1.29 is 0 Å². The van der Waals surface area contributed by atoms with Gasteiger partial charge in [0.25, 0.3) is 0 Å². The normalized spacial score (nSPS) is 11.2. The molecule has 2 aromatic carbocycles. The molecule has 1 aromatic heterocycles. The minimum Gasteiger partial charge on any atom is -0.326 e. The van der Waals surface area contributed by atoms with Crippen LogP contribution in [0.15, 0.2) is 54.6 Å². The molecule has 0 radical (unpaired) electrons. The van der Waals surface area contributed by atoms with Gasteiger partial charge in [-0.2, -0.15) is 0 Å². The van der Waals surface area contributed by atoms with Crippen molar-refractivity contribution in [2.24, 2.45) is 11.7 Å². The Balaban J connectivity index is 2.11. The van der Waals surface area contributed by atoms with Crippen LogP contribution in [0.5, 0.6) is 0 Å². The van der Waals surface area contributed by atoms with Crippen LogP contribution in [0.25, 0.3) is 11.1 Å². The van der Waals surface area contributed by atoms with E-state index in [9.17, 15) is 0 Å². The van der Waals surface area contributed by atoms with E-state index in [4.69, 9.17) is 10.7 Å². The van der Waals surface area contributed by atoms with Crippen LogP contribution in [0.2, 0.25) is 0 Å². The summed E-state index contributed by atoms with van der Waals surface area (Å²) in [6.45, 7) is 9.29. The number of nitrogens with zero attached hydrogens (tertiary/aromatic N) is 1. The number of aromatic nitrogens is 1. The maximum absolute atomic E-state index is 6.28. The summed E-state index contributed by atoms with van der Waals surface area (Å²) in [7, 11) is 0. The van der Waals surface area contributed by atoms with Crippen molar-refractivity contribution in [1.29, 1.82) is 0 Å². The topological polar surface area (TPSA) is 38.9 Å². The highest BCUT2D eigenvalue weighted by atomic mass is 14.7. The number of pyridine rings is 1. The molecule has 0 aliphatic heterocycles. The molecule has 0 saturated carbocycles. The molecule has 0 atom stereocenters. The van der Waals surface area contributed by atoms with E-state index in [1.165, 1.54) is 33.4 Å². The second-order valence-corrected chi connectivity index (χ2v) is 8.13. The summed E-state index contributed by atoms with van der Waals surface area (Å²) in [5.74, 6) is 0.554. The van der Waals surface area contributed by atoms with Crippen molar-refractivity contribution in [3.8, 4) is 11.1 Å². The predicted molar refractivity (Wildman–Crippen MR) is 119 cm³/mol. The van der Waals surface area contributed by atoms with Gasteiger partial charge in [-0.05, 0) is 66.8 Å². The largest absolute Gasteiger partial charge is 0.326 e. The number of hydrogen-bond donors (Lipinski definition) is 1. The monoisotopic (exact) mass is 372 g/mol. The molecule has 0 aliphatic carbocycles. The third kappa shape index (κ3) is 4.69. The lowest BCUT2D eigenvalue weighted by molar-refractivity contribution is 0.627. The minimum absolute atomic E-state index is 0.525. The molecule has 0 saturated heterocycles. The summed E-state index contributed by atoms with van der Waals surface area (Å²) in [4.78, 5) is 5.02. The average molecular weight is 373 g/mol. The van der Waals surface area contributed by atoms with Crippen LogP contribution in [-0.2, 0) is 25.8 Å². The van der Waals surface area contributed by atoms with E-state index < -0.39 is 0 Å². The van der Waals surface area contributed by atoms with Gasteiger partial charge in [0, 0.05) is 17.9 Å². The smallest absolute Gasteiger partial charge is 0.0460 e. The molecule has 0 spiro atoms. The molecule has 1 heterocycles. The number of nitrogens with two attached hydrogens (primary N) is 1. The van der Waals surface area contributed by atoms with E-state index in [0.717, 1.165) is 30.7 Å². The highest BCUT2D eigenvalue weighted by Crippen LogP contribution is 2.33. The van der Waals surface area contributed by atoms with Crippen LogP contribution in [0.3, 0.4) is 0 Å². The molecule has 0 aliphatic rings. The molecule has 3 rings (SSSR count). The van der Waals surface area contributed by atoms with E-state index in [1.807, 2.05) is 0 Å². The Kier molecular flexibility index (Phi) is 6.64. The molecule has 0 fully saturated rings. The lowest BCUT2D eigenvalue weighted by atomic mass is 9.87. The Morgan fingerprint density at radius 1 is 0.857 bits per heavy atom. The Labute approximate surface area is 169 Å². The van der Waals surface area contributed by atoms with Crippen LogP contribution >= 0.6 is 0 Å². The Bertz CT molecular complexity index is 909. The van der Waals surface area contributed by atoms with Crippen molar-refractivity contribution in [2.75, 3.05) is 0 Å². The molecule has 3 aromatic rings. The zero-order chi connectivity index (χ0) is 20.1. The van der Waals surface area contributed by atoms with Crippen LogP contribution in [0.4, 0.5) is 0 Å². The first-order valence-electron chi connectivity index (χ1n) is 10.3. The molecule has 2 heteroatoms. The number of benzene rings is 2. The van der Waals surface area contributed by atoms with Crippen LogP contribution in [-0.4, -0.2) is 4.98 Å². The SMILES string of the molecule is Cc1ccc(-c2c(CCc3ccccc3)c(C)nc(CC(C)C)c2CN)cc1. The van der Waals surface area contributed by atoms with Gasteiger partial charge in [0.05, 0.1) is 0 Å². The molecule has 0 unspecified atom stereocenters. The zero-order valence-corrected chi connectivity index (χ0v) is 17.6. The first kappa shape index (κ1) is 20.3. The fourth-order valence-electron chi connectivity index (χ4n) is 3.91. The van der Waals surface area contributed by atoms with Gasteiger partial charge in [0.15, 0.2) is 0 Å². The molecular weight excluding hydrogens is 340 g/mol. The van der Waals surface area contributed by atoms with E-state index in [-0.39, 0.29) is 0 Å². The Hall–Kier alpha value is -2.45. The van der Waals surface area contributed by atoms with Crippen molar-refractivity contribution in [2.45, 2.75) is 53.5 Å². The quantitative estimate of drug-likeness (QED) is 0.568. The van der Waals surface area contributed by atoms with Crippen LogP contribution in [0, 0.1) is 19.8 Å². The Morgan fingerprint density at radius 2 is 1.54 bits per heavy atom. The summed E-state index contributed by atoms with van der Waals surface area (Å²) in [6, 6.07) is 19.5. The van der Waals surface area contributed by atoms with E-state index >= 15 is 0 Å². The third-order valence-corrected chi connectivity index (χ3v) is 5.34. The van der Waals surface area contributed by atoms with Gasteiger partial charge in [-0.25, -0.2) is 0 Å². The second kappa shape index (κ2) is 9.16. The van der Waals surface area contributed by atoms with Gasteiger partial charge in [0.1, 0.15) is 0 Å².